The van der Waals surface area contributed by atoms with Crippen molar-refractivity contribution in [1.82, 2.24) is 19.9 Å². The summed E-state index contributed by atoms with van der Waals surface area (Å²) in [4.78, 5) is 38.2. The Kier molecular flexibility index (Phi) is 13.0. The second kappa shape index (κ2) is 13.5. The van der Waals surface area contributed by atoms with Gasteiger partial charge in [-0.2, -0.15) is 5.75 Å². The Balaban J connectivity index is 0.000000550. The zero-order chi connectivity index (χ0) is 21.1. The number of carbonyl (C=O) groups excluding carboxylic acids is 2. The number of fused-ring (bicyclic) bond motifs is 2. The molecule has 0 bridgehead atoms. The second-order valence-corrected chi connectivity index (χ2v) is 6.61. The van der Waals surface area contributed by atoms with Gasteiger partial charge in [-0.1, -0.05) is 40.9 Å². The van der Waals surface area contributed by atoms with E-state index in [0.717, 1.165) is 0 Å². The minimum atomic E-state index is -0.400. The van der Waals surface area contributed by atoms with Crippen molar-refractivity contribution < 1.29 is 79.3 Å². The molecule has 4 aromatic rings. The third-order valence-electron chi connectivity index (χ3n) is 3.86. The summed E-state index contributed by atoms with van der Waals surface area (Å²) in [6.45, 7) is 2.70. The van der Waals surface area contributed by atoms with Crippen LogP contribution >= 0.6 is 23.2 Å². The van der Waals surface area contributed by atoms with E-state index in [0.29, 0.717) is 16.6 Å². The van der Waals surface area contributed by atoms with E-state index < -0.39 is 5.75 Å². The molecule has 32 heavy (non-hydrogen) atoms. The first kappa shape index (κ1) is 30.8. The predicted molar refractivity (Wildman–Crippen MR) is 109 cm³/mol. The van der Waals surface area contributed by atoms with E-state index >= 15 is 0 Å². The van der Waals surface area contributed by atoms with Gasteiger partial charge < -0.3 is 20.4 Å². The van der Waals surface area contributed by atoms with Crippen LogP contribution in [0, 0.1) is 6.20 Å². The van der Waals surface area contributed by atoms with Crippen molar-refractivity contribution >= 4 is 56.8 Å². The monoisotopic (exact) mass is 489 g/mol. The van der Waals surface area contributed by atoms with Crippen molar-refractivity contribution in [3.63, 3.8) is 0 Å². The van der Waals surface area contributed by atoms with Gasteiger partial charge in [-0.3, -0.25) is 14.8 Å². The molecule has 8 nitrogen and oxygen atoms in total. The summed E-state index contributed by atoms with van der Waals surface area (Å²) in [5.74, 6) is -0.955. The Morgan fingerprint density at radius 2 is 1.50 bits per heavy atom. The third kappa shape index (κ3) is 6.66. The van der Waals surface area contributed by atoms with Crippen LogP contribution in [0.2, 0.25) is 10.2 Å². The maximum absolute atomic E-state index is 11.6. The Labute approximate surface area is 237 Å². The SMILES string of the molecule is CC(=O)c1[c-]nc2cccnc2c1[O-].CC(=O)c1c(Cl)nc2cccnc2c1Cl.[Na+].[Na+].[OH-]. The molecule has 0 saturated carbocycles. The van der Waals surface area contributed by atoms with Gasteiger partial charge >= 0.3 is 59.1 Å². The van der Waals surface area contributed by atoms with E-state index in [-0.39, 0.29) is 103 Å². The number of rotatable bonds is 2. The van der Waals surface area contributed by atoms with Crippen LogP contribution in [0.1, 0.15) is 34.6 Å². The molecule has 0 fully saturated rings. The maximum atomic E-state index is 11.6. The average molecular weight is 490 g/mol. The zero-order valence-corrected chi connectivity index (χ0v) is 23.2. The fraction of sp³-hybridized carbons (Fsp3) is 0.100. The topological polar surface area (TPSA) is 139 Å². The molecule has 0 aliphatic carbocycles. The first-order valence-corrected chi connectivity index (χ1v) is 9.01. The fourth-order valence-corrected chi connectivity index (χ4v) is 3.25. The van der Waals surface area contributed by atoms with Gasteiger partial charge in [-0.25, -0.2) is 4.98 Å². The van der Waals surface area contributed by atoms with Crippen molar-refractivity contribution in [2.24, 2.45) is 0 Å². The van der Waals surface area contributed by atoms with E-state index in [1.54, 1.807) is 30.5 Å². The Morgan fingerprint density at radius 1 is 0.938 bits per heavy atom. The number of carbonyl (C=O) groups is 2. The summed E-state index contributed by atoms with van der Waals surface area (Å²) >= 11 is 11.9. The largest absolute Gasteiger partial charge is 1.00 e. The predicted octanol–water partition coefficient (Wildman–Crippen LogP) is -2.32. The first-order chi connectivity index (χ1) is 13.8. The van der Waals surface area contributed by atoms with Crippen molar-refractivity contribution in [2.75, 3.05) is 0 Å². The summed E-state index contributed by atoms with van der Waals surface area (Å²) in [5.41, 5.74) is 1.95. The van der Waals surface area contributed by atoms with E-state index in [1.165, 1.54) is 20.0 Å². The molecule has 0 aromatic carbocycles. The van der Waals surface area contributed by atoms with Crippen LogP contribution < -0.4 is 64.2 Å². The van der Waals surface area contributed by atoms with Crippen LogP contribution in [-0.2, 0) is 0 Å². The first-order valence-electron chi connectivity index (χ1n) is 8.26. The quantitative estimate of drug-likeness (QED) is 0.132. The van der Waals surface area contributed by atoms with Gasteiger partial charge in [0, 0.05) is 17.9 Å². The number of pyridine rings is 4. The van der Waals surface area contributed by atoms with Gasteiger partial charge in [0.25, 0.3) is 0 Å². The molecule has 0 amide bonds. The molecule has 12 heteroatoms. The van der Waals surface area contributed by atoms with Gasteiger partial charge in [0.15, 0.2) is 5.78 Å². The Bertz CT molecular complexity index is 1280. The van der Waals surface area contributed by atoms with Crippen LogP contribution in [0.5, 0.6) is 5.75 Å². The summed E-state index contributed by atoms with van der Waals surface area (Å²) in [6, 6.07) is 6.81. The second-order valence-electron chi connectivity index (χ2n) is 5.87. The van der Waals surface area contributed by atoms with Gasteiger partial charge in [-0.05, 0) is 37.7 Å². The molecule has 4 aromatic heterocycles. The van der Waals surface area contributed by atoms with Gasteiger partial charge in [-0.15, -0.1) is 0 Å². The van der Waals surface area contributed by atoms with E-state index in [1.807, 2.05) is 0 Å². The summed E-state index contributed by atoms with van der Waals surface area (Å²) in [6.07, 6.45) is 5.51. The number of Topliss-reactive ketones (excluding diaryl/α,β-unsaturated/α-hetero) is 2. The van der Waals surface area contributed by atoms with Crippen LogP contribution in [0.4, 0.5) is 0 Å². The number of aromatic nitrogens is 4. The van der Waals surface area contributed by atoms with Crippen molar-refractivity contribution in [3.05, 3.63) is 64.2 Å². The van der Waals surface area contributed by atoms with Gasteiger partial charge in [0.05, 0.1) is 21.9 Å². The molecular formula is C20H13Cl2N4Na2O4-. The molecule has 0 aliphatic rings. The van der Waals surface area contributed by atoms with Crippen LogP contribution in [0.15, 0.2) is 36.7 Å². The molecule has 1 N–H and O–H groups in total. The minimum Gasteiger partial charge on any atom is -0.913 e. The summed E-state index contributed by atoms with van der Waals surface area (Å²) in [5, 5.41) is 12.0. The van der Waals surface area contributed by atoms with Crippen molar-refractivity contribution in [2.45, 2.75) is 13.8 Å². The molecule has 0 spiro atoms. The molecule has 0 radical (unpaired) electrons. The van der Waals surface area contributed by atoms with Gasteiger partial charge in [0.2, 0.25) is 0 Å². The van der Waals surface area contributed by atoms with Crippen molar-refractivity contribution in [3.8, 4) is 5.75 Å². The molecule has 4 rings (SSSR count). The van der Waals surface area contributed by atoms with E-state index in [9.17, 15) is 14.7 Å². The Hall–Kier alpha value is -1.20. The number of hydrogen-bond donors (Lipinski definition) is 0. The molecule has 154 valence electrons. The number of ketones is 2. The maximum Gasteiger partial charge on any atom is 1.00 e. The number of nitrogens with zero attached hydrogens (tertiary/aromatic N) is 4. The minimum absolute atomic E-state index is 0. The standard InChI is InChI=1S/C10H6Cl2N2O.C10H7N2O2.2Na.H2O/c1-5(15)7-8(11)9-6(14-10(7)12)3-2-4-13-9;1-6(13)7-5-12-8-3-2-4-11-9(8)10(7)14;;;/h2-4H,1H3;2-4H,1H3,(H,12,14);;;1H2/q;-1;2*+1;/p-2. The summed E-state index contributed by atoms with van der Waals surface area (Å²) in [7, 11) is 0. The van der Waals surface area contributed by atoms with Gasteiger partial charge in [0.1, 0.15) is 10.7 Å². The summed E-state index contributed by atoms with van der Waals surface area (Å²) < 4.78 is 0. The molecule has 0 saturated heterocycles. The smallest absolute Gasteiger partial charge is 0.913 e. The van der Waals surface area contributed by atoms with Crippen LogP contribution in [-0.4, -0.2) is 37.0 Å². The molecule has 0 aliphatic heterocycles. The van der Waals surface area contributed by atoms with E-state index in [4.69, 9.17) is 23.2 Å². The van der Waals surface area contributed by atoms with Crippen LogP contribution in [0.3, 0.4) is 0 Å². The molecule has 0 atom stereocenters. The fourth-order valence-electron chi connectivity index (χ4n) is 2.51. The average Bonchev–Trinajstić information content (AvgIpc) is 2.68. The molecule has 0 unspecified atom stereocenters. The zero-order valence-electron chi connectivity index (χ0n) is 17.7. The van der Waals surface area contributed by atoms with Crippen LogP contribution in [0.25, 0.3) is 22.1 Å². The van der Waals surface area contributed by atoms with Crippen molar-refractivity contribution in [1.29, 1.82) is 0 Å². The normalized spacial score (nSPS) is 9.50. The number of hydrogen-bond acceptors (Lipinski definition) is 8. The third-order valence-corrected chi connectivity index (χ3v) is 4.50. The molecule has 4 heterocycles. The Morgan fingerprint density at radius 3 is 2.06 bits per heavy atom. The number of halogens is 2. The molecular weight excluding hydrogens is 477 g/mol. The van der Waals surface area contributed by atoms with E-state index in [2.05, 4.69) is 26.1 Å².